The van der Waals surface area contributed by atoms with E-state index in [2.05, 4.69) is 18.3 Å². The van der Waals surface area contributed by atoms with Gasteiger partial charge in [-0.1, -0.05) is 29.8 Å². The van der Waals surface area contributed by atoms with Gasteiger partial charge in [-0.2, -0.15) is 0 Å². The SMILES string of the molecule is COc1cccc([C@@H](C)NCCCOc2cc(Cl)cc(-c3ccc(OC)c(C(=O)O)c3)c2)c1. The molecule has 0 saturated carbocycles. The number of aromatic carboxylic acids is 1. The van der Waals surface area contributed by atoms with Gasteiger partial charge >= 0.3 is 5.97 Å². The van der Waals surface area contributed by atoms with Crippen LogP contribution in [0.2, 0.25) is 5.02 Å². The molecule has 0 aromatic heterocycles. The first-order valence-corrected chi connectivity index (χ1v) is 11.0. The van der Waals surface area contributed by atoms with E-state index in [-0.39, 0.29) is 11.6 Å². The molecule has 0 amide bonds. The summed E-state index contributed by atoms with van der Waals surface area (Å²) in [7, 11) is 3.11. The number of benzene rings is 3. The maximum Gasteiger partial charge on any atom is 0.339 e. The van der Waals surface area contributed by atoms with Gasteiger partial charge in [-0.05, 0) is 79.0 Å². The normalized spacial score (nSPS) is 11.6. The fraction of sp³-hybridized carbons (Fsp3) is 0.269. The van der Waals surface area contributed by atoms with Crippen LogP contribution in [0.25, 0.3) is 11.1 Å². The zero-order valence-corrected chi connectivity index (χ0v) is 19.7. The third-order valence-corrected chi connectivity index (χ3v) is 5.49. The number of ether oxygens (including phenoxy) is 3. The van der Waals surface area contributed by atoms with Crippen LogP contribution in [0, 0.1) is 0 Å². The number of halogens is 1. The monoisotopic (exact) mass is 469 g/mol. The molecular weight excluding hydrogens is 442 g/mol. The Morgan fingerprint density at radius 1 is 1.00 bits per heavy atom. The highest BCUT2D eigenvalue weighted by atomic mass is 35.5. The fourth-order valence-electron chi connectivity index (χ4n) is 3.48. The lowest BCUT2D eigenvalue weighted by molar-refractivity contribution is 0.0693. The maximum atomic E-state index is 11.5. The number of carbonyl (C=O) groups is 1. The van der Waals surface area contributed by atoms with E-state index >= 15 is 0 Å². The van der Waals surface area contributed by atoms with Crippen molar-refractivity contribution in [2.75, 3.05) is 27.4 Å². The third-order valence-electron chi connectivity index (χ3n) is 5.27. The van der Waals surface area contributed by atoms with E-state index in [0.717, 1.165) is 29.8 Å². The lowest BCUT2D eigenvalue weighted by atomic mass is 10.0. The van der Waals surface area contributed by atoms with Gasteiger partial charge in [-0.3, -0.25) is 0 Å². The van der Waals surface area contributed by atoms with Crippen molar-refractivity contribution in [3.05, 3.63) is 76.8 Å². The van der Waals surface area contributed by atoms with E-state index in [1.54, 1.807) is 37.4 Å². The molecule has 0 aliphatic carbocycles. The second-order valence-electron chi connectivity index (χ2n) is 7.55. The number of carboxylic acids is 1. The Morgan fingerprint density at radius 3 is 2.55 bits per heavy atom. The average Bonchev–Trinajstić information content (AvgIpc) is 2.82. The van der Waals surface area contributed by atoms with Crippen molar-refractivity contribution in [2.45, 2.75) is 19.4 Å². The quantitative estimate of drug-likeness (QED) is 0.343. The first kappa shape index (κ1) is 24.4. The van der Waals surface area contributed by atoms with Crippen LogP contribution in [0.5, 0.6) is 17.2 Å². The summed E-state index contributed by atoms with van der Waals surface area (Å²) in [6, 6.07) is 18.6. The minimum atomic E-state index is -1.05. The molecule has 0 saturated heterocycles. The second kappa shape index (κ2) is 11.6. The highest BCUT2D eigenvalue weighted by molar-refractivity contribution is 6.31. The third kappa shape index (κ3) is 6.63. The molecule has 2 N–H and O–H groups in total. The molecule has 0 fully saturated rings. The van der Waals surface area contributed by atoms with Gasteiger partial charge in [0.25, 0.3) is 0 Å². The molecule has 3 aromatic rings. The summed E-state index contributed by atoms with van der Waals surface area (Å²) >= 11 is 6.29. The van der Waals surface area contributed by atoms with Crippen LogP contribution in [0.1, 0.15) is 35.3 Å². The van der Waals surface area contributed by atoms with Gasteiger partial charge in [0.1, 0.15) is 22.8 Å². The summed E-state index contributed by atoms with van der Waals surface area (Å²) in [6.07, 6.45) is 0.807. The van der Waals surface area contributed by atoms with Crippen molar-refractivity contribution < 1.29 is 24.1 Å². The van der Waals surface area contributed by atoms with Gasteiger partial charge < -0.3 is 24.6 Å². The van der Waals surface area contributed by atoms with E-state index < -0.39 is 5.97 Å². The van der Waals surface area contributed by atoms with Crippen LogP contribution in [-0.4, -0.2) is 38.4 Å². The van der Waals surface area contributed by atoms with Crippen molar-refractivity contribution in [1.82, 2.24) is 5.32 Å². The Kier molecular flexibility index (Phi) is 8.58. The van der Waals surface area contributed by atoms with Crippen molar-refractivity contribution in [2.24, 2.45) is 0 Å². The molecule has 0 spiro atoms. The van der Waals surface area contributed by atoms with Crippen LogP contribution in [0.4, 0.5) is 0 Å². The molecule has 0 radical (unpaired) electrons. The zero-order chi connectivity index (χ0) is 23.8. The fourth-order valence-corrected chi connectivity index (χ4v) is 3.70. The zero-order valence-electron chi connectivity index (χ0n) is 18.9. The number of methoxy groups -OCH3 is 2. The second-order valence-corrected chi connectivity index (χ2v) is 7.99. The number of carboxylic acid groups (broad SMARTS) is 1. The van der Waals surface area contributed by atoms with Gasteiger partial charge in [0, 0.05) is 11.1 Å². The van der Waals surface area contributed by atoms with Crippen LogP contribution in [-0.2, 0) is 0 Å². The average molecular weight is 470 g/mol. The maximum absolute atomic E-state index is 11.5. The molecule has 3 aromatic carbocycles. The molecule has 174 valence electrons. The Bertz CT molecular complexity index is 1100. The first-order valence-electron chi connectivity index (χ1n) is 10.6. The number of nitrogens with one attached hydrogen (secondary N) is 1. The molecule has 0 aliphatic rings. The number of rotatable bonds is 11. The number of hydrogen-bond acceptors (Lipinski definition) is 5. The summed E-state index contributed by atoms with van der Waals surface area (Å²) in [6.45, 7) is 3.41. The van der Waals surface area contributed by atoms with Gasteiger partial charge in [0.15, 0.2) is 0 Å². The molecule has 0 heterocycles. The Hall–Kier alpha value is -3.22. The predicted molar refractivity (Wildman–Crippen MR) is 130 cm³/mol. The Balaban J connectivity index is 1.58. The lowest BCUT2D eigenvalue weighted by Crippen LogP contribution is -2.21. The summed E-state index contributed by atoms with van der Waals surface area (Å²) in [5.41, 5.74) is 2.74. The molecule has 0 bridgehead atoms. The van der Waals surface area contributed by atoms with E-state index in [0.29, 0.717) is 28.7 Å². The molecular formula is C26H28ClNO5. The smallest absolute Gasteiger partial charge is 0.339 e. The van der Waals surface area contributed by atoms with E-state index in [1.165, 1.54) is 7.11 Å². The van der Waals surface area contributed by atoms with E-state index in [4.69, 9.17) is 25.8 Å². The molecule has 6 nitrogen and oxygen atoms in total. The van der Waals surface area contributed by atoms with Crippen molar-refractivity contribution in [3.8, 4) is 28.4 Å². The molecule has 3 rings (SSSR count). The predicted octanol–water partition coefficient (Wildman–Crippen LogP) is 5.84. The molecule has 0 unspecified atom stereocenters. The topological polar surface area (TPSA) is 77.0 Å². The molecule has 0 aliphatic heterocycles. The van der Waals surface area contributed by atoms with Gasteiger partial charge in [-0.25, -0.2) is 4.79 Å². The summed E-state index contributed by atoms with van der Waals surface area (Å²) in [5.74, 6) is 0.725. The van der Waals surface area contributed by atoms with Gasteiger partial charge in [0.05, 0.1) is 20.8 Å². The largest absolute Gasteiger partial charge is 0.497 e. The number of hydrogen-bond donors (Lipinski definition) is 2. The van der Waals surface area contributed by atoms with Gasteiger partial charge in [-0.15, -0.1) is 0 Å². The Morgan fingerprint density at radius 2 is 1.82 bits per heavy atom. The van der Waals surface area contributed by atoms with Crippen LogP contribution < -0.4 is 19.5 Å². The summed E-state index contributed by atoms with van der Waals surface area (Å²) in [4.78, 5) is 11.5. The molecule has 7 heteroatoms. The molecule has 33 heavy (non-hydrogen) atoms. The lowest BCUT2D eigenvalue weighted by Gasteiger charge is -2.15. The van der Waals surface area contributed by atoms with Gasteiger partial charge in [0.2, 0.25) is 0 Å². The highest BCUT2D eigenvalue weighted by Crippen LogP contribution is 2.31. The van der Waals surface area contributed by atoms with E-state index in [9.17, 15) is 9.90 Å². The summed E-state index contributed by atoms with van der Waals surface area (Å²) < 4.78 is 16.3. The minimum absolute atomic E-state index is 0.0914. The van der Waals surface area contributed by atoms with Crippen molar-refractivity contribution in [3.63, 3.8) is 0 Å². The van der Waals surface area contributed by atoms with E-state index in [1.807, 2.05) is 24.3 Å². The van der Waals surface area contributed by atoms with Crippen LogP contribution in [0.15, 0.2) is 60.7 Å². The highest BCUT2D eigenvalue weighted by Gasteiger charge is 2.13. The van der Waals surface area contributed by atoms with Crippen molar-refractivity contribution in [1.29, 1.82) is 0 Å². The summed E-state index contributed by atoms with van der Waals surface area (Å²) in [5, 5.41) is 13.4. The minimum Gasteiger partial charge on any atom is -0.497 e. The standard InChI is InChI=1S/C26H28ClNO5/c1-17(18-6-4-7-22(13-18)31-2)28-10-5-11-33-23-14-20(12-21(27)16-23)19-8-9-25(32-3)24(15-19)26(29)30/h4,6-9,12-17,28H,5,10-11H2,1-3H3,(H,29,30)/t17-/m1/s1. The first-order chi connectivity index (χ1) is 15.9. The van der Waals surface area contributed by atoms with Crippen molar-refractivity contribution >= 4 is 17.6 Å². The Labute approximate surface area is 199 Å². The van der Waals surface area contributed by atoms with Crippen LogP contribution >= 0.6 is 11.6 Å². The van der Waals surface area contributed by atoms with Crippen LogP contribution in [0.3, 0.4) is 0 Å². The molecule has 1 atom stereocenters.